The van der Waals surface area contributed by atoms with E-state index in [0.717, 1.165) is 5.56 Å². The lowest BCUT2D eigenvalue weighted by Crippen LogP contribution is -2.29. The van der Waals surface area contributed by atoms with Crippen LogP contribution >= 0.6 is 0 Å². The Morgan fingerprint density at radius 2 is 1.58 bits per heavy atom. The lowest BCUT2D eigenvalue weighted by atomic mass is 9.87. The van der Waals surface area contributed by atoms with Crippen molar-refractivity contribution in [3.63, 3.8) is 0 Å². The van der Waals surface area contributed by atoms with Gasteiger partial charge in [-0.3, -0.25) is 4.79 Å². The first-order valence-corrected chi connectivity index (χ1v) is 9.89. The lowest BCUT2D eigenvalue weighted by Gasteiger charge is -2.16. The van der Waals surface area contributed by atoms with Gasteiger partial charge in [0.15, 0.2) is 5.78 Å². The van der Waals surface area contributed by atoms with Gasteiger partial charge in [-0.25, -0.2) is 8.42 Å². The summed E-state index contributed by atoms with van der Waals surface area (Å²) in [6.45, 7) is 5.43. The van der Waals surface area contributed by atoms with Gasteiger partial charge in [0.1, 0.15) is 11.8 Å². The molecule has 26 heavy (non-hydrogen) atoms. The third-order valence-corrected chi connectivity index (χ3v) is 6.42. The van der Waals surface area contributed by atoms with Gasteiger partial charge >= 0.3 is 0 Å². The number of methoxy groups -OCH3 is 1. The lowest BCUT2D eigenvalue weighted by molar-refractivity contribution is -0.126. The molecule has 0 spiro atoms. The Morgan fingerprint density at radius 1 is 1.00 bits per heavy atom. The van der Waals surface area contributed by atoms with Crippen LogP contribution in [0.5, 0.6) is 5.75 Å². The van der Waals surface area contributed by atoms with E-state index < -0.39 is 27.5 Å². The third-order valence-electron chi connectivity index (χ3n) is 4.54. The first-order valence-electron chi connectivity index (χ1n) is 8.45. The Balaban J connectivity index is 2.01. The molecule has 6 heteroatoms. The van der Waals surface area contributed by atoms with E-state index in [1.807, 2.05) is 32.9 Å². The van der Waals surface area contributed by atoms with Gasteiger partial charge in [0, 0.05) is 5.41 Å². The van der Waals surface area contributed by atoms with Gasteiger partial charge in [0.05, 0.1) is 18.0 Å². The second-order valence-electron chi connectivity index (χ2n) is 7.43. The molecule has 0 bridgehead atoms. The molecule has 1 unspecified atom stereocenters. The molecule has 1 fully saturated rings. The SMILES string of the molecule is COc1ccc([C@@H]2[C@H](C(=O)C(C)(C)C)N2S(=O)(=O)c2ccccc2)cc1. The van der Waals surface area contributed by atoms with E-state index >= 15 is 0 Å². The summed E-state index contributed by atoms with van der Waals surface area (Å²) in [5.74, 6) is 0.600. The van der Waals surface area contributed by atoms with Gasteiger partial charge < -0.3 is 4.74 Å². The van der Waals surface area contributed by atoms with Gasteiger partial charge in [-0.2, -0.15) is 4.31 Å². The number of Topliss-reactive ketones (excluding diaryl/α,β-unsaturated/α-hetero) is 1. The molecular formula is C20H23NO4S. The van der Waals surface area contributed by atoms with E-state index in [9.17, 15) is 13.2 Å². The minimum absolute atomic E-state index is 0.0853. The van der Waals surface area contributed by atoms with Crippen molar-refractivity contribution < 1.29 is 17.9 Å². The van der Waals surface area contributed by atoms with Crippen LogP contribution in [0.3, 0.4) is 0 Å². The standard InChI is InChI=1S/C20H23NO4S/c1-20(2,3)19(22)18-17(14-10-12-15(25-4)13-11-14)21(18)26(23,24)16-8-6-5-7-9-16/h5-13,17-18H,1-4H3/t17-,18-,21?/m1/s1. The Kier molecular flexibility index (Phi) is 4.67. The van der Waals surface area contributed by atoms with E-state index in [1.165, 1.54) is 4.31 Å². The molecule has 3 atom stereocenters. The van der Waals surface area contributed by atoms with Gasteiger partial charge in [0.2, 0.25) is 10.0 Å². The summed E-state index contributed by atoms with van der Waals surface area (Å²) in [5.41, 5.74) is 0.156. The summed E-state index contributed by atoms with van der Waals surface area (Å²) in [7, 11) is -2.18. The molecule has 2 aromatic rings. The normalized spacial score (nSPS) is 22.7. The van der Waals surface area contributed by atoms with Crippen molar-refractivity contribution in [2.24, 2.45) is 5.41 Å². The van der Waals surface area contributed by atoms with Gasteiger partial charge in [-0.15, -0.1) is 0 Å². The summed E-state index contributed by atoms with van der Waals surface area (Å²) in [6.07, 6.45) is 0. The number of hydrogen-bond acceptors (Lipinski definition) is 4. The summed E-state index contributed by atoms with van der Waals surface area (Å²) in [5, 5.41) is 0. The number of rotatable bonds is 5. The molecule has 1 heterocycles. The minimum atomic E-state index is -3.75. The van der Waals surface area contributed by atoms with Crippen LogP contribution in [-0.4, -0.2) is 31.7 Å². The number of ketones is 1. The van der Waals surface area contributed by atoms with Gasteiger partial charge in [-0.1, -0.05) is 51.1 Å². The van der Waals surface area contributed by atoms with Crippen molar-refractivity contribution in [3.8, 4) is 5.75 Å². The van der Waals surface area contributed by atoms with Crippen LogP contribution < -0.4 is 4.74 Å². The fourth-order valence-electron chi connectivity index (χ4n) is 3.06. The van der Waals surface area contributed by atoms with Crippen LogP contribution in [0.4, 0.5) is 0 Å². The number of hydrogen-bond donors (Lipinski definition) is 0. The summed E-state index contributed by atoms with van der Waals surface area (Å²) in [6, 6.07) is 14.2. The van der Waals surface area contributed by atoms with Crippen molar-refractivity contribution >= 4 is 15.8 Å². The highest BCUT2D eigenvalue weighted by Crippen LogP contribution is 2.50. The van der Waals surface area contributed by atoms with Gasteiger partial charge in [-0.05, 0) is 29.8 Å². The van der Waals surface area contributed by atoms with E-state index in [-0.39, 0.29) is 10.7 Å². The maximum absolute atomic E-state index is 13.1. The monoisotopic (exact) mass is 373 g/mol. The molecular weight excluding hydrogens is 350 g/mol. The molecule has 0 N–H and O–H groups in total. The Morgan fingerprint density at radius 3 is 2.08 bits per heavy atom. The van der Waals surface area contributed by atoms with Crippen molar-refractivity contribution in [3.05, 3.63) is 60.2 Å². The molecule has 3 rings (SSSR count). The molecule has 1 aliphatic heterocycles. The first kappa shape index (κ1) is 18.6. The van der Waals surface area contributed by atoms with Crippen molar-refractivity contribution in [2.45, 2.75) is 37.8 Å². The highest BCUT2D eigenvalue weighted by atomic mass is 32.2. The number of benzene rings is 2. The predicted molar refractivity (Wildman–Crippen MR) is 99.5 cm³/mol. The van der Waals surface area contributed by atoms with Crippen LogP contribution in [0, 0.1) is 5.41 Å². The van der Waals surface area contributed by atoms with Gasteiger partial charge in [0.25, 0.3) is 0 Å². The van der Waals surface area contributed by atoms with Crippen LogP contribution in [-0.2, 0) is 14.8 Å². The smallest absolute Gasteiger partial charge is 0.244 e. The minimum Gasteiger partial charge on any atom is -0.497 e. The van der Waals surface area contributed by atoms with Crippen molar-refractivity contribution in [1.82, 2.24) is 4.31 Å². The zero-order valence-electron chi connectivity index (χ0n) is 15.3. The number of carbonyl (C=O) groups excluding carboxylic acids is 1. The van der Waals surface area contributed by atoms with E-state index in [4.69, 9.17) is 4.74 Å². The number of sulfonamides is 1. The zero-order chi connectivity index (χ0) is 19.1. The summed E-state index contributed by atoms with van der Waals surface area (Å²) in [4.78, 5) is 13.1. The molecule has 0 aliphatic carbocycles. The number of ether oxygens (including phenoxy) is 1. The molecule has 5 nitrogen and oxygen atoms in total. The van der Waals surface area contributed by atoms with Crippen LogP contribution in [0.2, 0.25) is 0 Å². The molecule has 0 amide bonds. The zero-order valence-corrected chi connectivity index (χ0v) is 16.2. The Bertz CT molecular complexity index is 899. The second-order valence-corrected chi connectivity index (χ2v) is 9.27. The largest absolute Gasteiger partial charge is 0.497 e. The topological polar surface area (TPSA) is 63.5 Å². The average Bonchev–Trinajstić information content (AvgIpc) is 3.37. The molecule has 0 radical (unpaired) electrons. The maximum atomic E-state index is 13.1. The molecule has 2 aromatic carbocycles. The van der Waals surface area contributed by atoms with E-state index in [1.54, 1.807) is 49.6 Å². The third kappa shape index (κ3) is 3.27. The van der Waals surface area contributed by atoms with E-state index in [0.29, 0.717) is 5.75 Å². The molecule has 138 valence electrons. The molecule has 0 aromatic heterocycles. The fourth-order valence-corrected chi connectivity index (χ4v) is 4.79. The molecule has 1 aliphatic rings. The first-order chi connectivity index (χ1) is 12.2. The average molecular weight is 373 g/mol. The second kappa shape index (κ2) is 6.52. The highest BCUT2D eigenvalue weighted by Gasteiger charge is 2.61. The number of carbonyl (C=O) groups is 1. The van der Waals surface area contributed by atoms with Crippen LogP contribution in [0.25, 0.3) is 0 Å². The molecule has 0 saturated carbocycles. The van der Waals surface area contributed by atoms with E-state index in [2.05, 4.69) is 0 Å². The van der Waals surface area contributed by atoms with Crippen LogP contribution in [0.15, 0.2) is 59.5 Å². The Labute approximate surface area is 154 Å². The maximum Gasteiger partial charge on any atom is 0.244 e. The van der Waals surface area contributed by atoms with Crippen LogP contribution in [0.1, 0.15) is 32.4 Å². The van der Waals surface area contributed by atoms with Crippen molar-refractivity contribution in [2.75, 3.05) is 7.11 Å². The fraction of sp³-hybridized carbons (Fsp3) is 0.350. The Hall–Kier alpha value is -2.18. The number of nitrogens with zero attached hydrogens (tertiary/aromatic N) is 1. The van der Waals surface area contributed by atoms with Crippen molar-refractivity contribution in [1.29, 1.82) is 0 Å². The quantitative estimate of drug-likeness (QED) is 0.754. The predicted octanol–water partition coefficient (Wildman–Crippen LogP) is 3.42. The highest BCUT2D eigenvalue weighted by molar-refractivity contribution is 7.89. The molecule has 1 saturated heterocycles. The summed E-state index contributed by atoms with van der Waals surface area (Å²) < 4.78 is 32.7. The summed E-state index contributed by atoms with van der Waals surface area (Å²) >= 11 is 0.